The van der Waals surface area contributed by atoms with Crippen LogP contribution in [0, 0.1) is 13.8 Å². The highest BCUT2D eigenvalue weighted by molar-refractivity contribution is 5.89. The summed E-state index contributed by atoms with van der Waals surface area (Å²) in [6.45, 7) is 12.4. The monoisotopic (exact) mass is 362 g/mol. The quantitative estimate of drug-likeness (QED) is 0.674. The van der Waals surface area contributed by atoms with Crippen LogP contribution in [0.3, 0.4) is 0 Å². The van der Waals surface area contributed by atoms with Gasteiger partial charge in [-0.25, -0.2) is 9.59 Å². The normalized spacial score (nSPS) is 16.8. The van der Waals surface area contributed by atoms with Gasteiger partial charge in [0.2, 0.25) is 0 Å². The van der Waals surface area contributed by atoms with Crippen LogP contribution in [0.5, 0.6) is 0 Å². The van der Waals surface area contributed by atoms with Gasteiger partial charge in [0.1, 0.15) is 0 Å². The predicted octanol–water partition coefficient (Wildman–Crippen LogP) is 2.59. The van der Waals surface area contributed by atoms with Gasteiger partial charge in [-0.05, 0) is 46.2 Å². The van der Waals surface area contributed by atoms with Crippen molar-refractivity contribution in [1.29, 1.82) is 0 Å². The average molecular weight is 362 g/mol. The van der Waals surface area contributed by atoms with Crippen LogP contribution in [0.1, 0.15) is 37.0 Å². The number of aliphatic carboxylic acids is 2. The van der Waals surface area contributed by atoms with Crippen molar-refractivity contribution in [3.8, 4) is 0 Å². The SMILES string of the molecule is Cc1cc(C)cc(CN(C(C)C)[C@H]2CCNC2)c1.O=C(O)/C=C/C(=O)O. The Morgan fingerprint density at radius 2 is 1.69 bits per heavy atom. The molecule has 0 saturated carbocycles. The van der Waals surface area contributed by atoms with Crippen LogP contribution < -0.4 is 5.32 Å². The Labute approximate surface area is 155 Å². The van der Waals surface area contributed by atoms with Crippen molar-refractivity contribution in [3.05, 3.63) is 47.0 Å². The Balaban J connectivity index is 0.000000359. The van der Waals surface area contributed by atoms with Crippen molar-refractivity contribution < 1.29 is 19.8 Å². The van der Waals surface area contributed by atoms with Crippen LogP contribution in [0.15, 0.2) is 30.4 Å². The molecule has 0 aliphatic carbocycles. The molecule has 1 aliphatic rings. The van der Waals surface area contributed by atoms with Gasteiger partial charge in [0.25, 0.3) is 0 Å². The van der Waals surface area contributed by atoms with E-state index in [-0.39, 0.29) is 0 Å². The predicted molar refractivity (Wildman–Crippen MR) is 102 cm³/mol. The highest BCUT2D eigenvalue weighted by Crippen LogP contribution is 2.18. The van der Waals surface area contributed by atoms with Gasteiger partial charge in [-0.1, -0.05) is 29.3 Å². The molecule has 1 atom stereocenters. The van der Waals surface area contributed by atoms with Gasteiger partial charge in [0, 0.05) is 37.3 Å². The molecule has 1 heterocycles. The minimum Gasteiger partial charge on any atom is -0.478 e. The van der Waals surface area contributed by atoms with Crippen molar-refractivity contribution in [3.63, 3.8) is 0 Å². The summed E-state index contributed by atoms with van der Waals surface area (Å²) in [6, 6.07) is 8.21. The van der Waals surface area contributed by atoms with Gasteiger partial charge in [0.15, 0.2) is 0 Å². The Morgan fingerprint density at radius 1 is 1.15 bits per heavy atom. The van der Waals surface area contributed by atoms with Crippen molar-refractivity contribution in [2.75, 3.05) is 13.1 Å². The van der Waals surface area contributed by atoms with Gasteiger partial charge in [-0.15, -0.1) is 0 Å². The number of hydrogen-bond acceptors (Lipinski definition) is 4. The molecule has 0 spiro atoms. The highest BCUT2D eigenvalue weighted by atomic mass is 16.4. The van der Waals surface area contributed by atoms with Gasteiger partial charge < -0.3 is 15.5 Å². The zero-order chi connectivity index (χ0) is 19.7. The van der Waals surface area contributed by atoms with Gasteiger partial charge >= 0.3 is 11.9 Å². The first kappa shape index (κ1) is 21.9. The van der Waals surface area contributed by atoms with Gasteiger partial charge in [0.05, 0.1) is 0 Å². The molecule has 1 aromatic rings. The number of rotatable bonds is 6. The van der Waals surface area contributed by atoms with E-state index >= 15 is 0 Å². The topological polar surface area (TPSA) is 89.9 Å². The van der Waals surface area contributed by atoms with Crippen LogP contribution in [0.25, 0.3) is 0 Å². The van der Waals surface area contributed by atoms with E-state index in [0.29, 0.717) is 24.2 Å². The number of nitrogens with zero attached hydrogens (tertiary/aromatic N) is 1. The number of nitrogens with one attached hydrogen (secondary N) is 1. The lowest BCUT2D eigenvalue weighted by Crippen LogP contribution is -2.41. The zero-order valence-corrected chi connectivity index (χ0v) is 16.0. The molecule has 6 nitrogen and oxygen atoms in total. The molecule has 144 valence electrons. The second-order valence-corrected chi connectivity index (χ2v) is 6.92. The lowest BCUT2D eigenvalue weighted by Gasteiger charge is -2.32. The molecule has 1 aromatic carbocycles. The fraction of sp³-hybridized carbons (Fsp3) is 0.500. The van der Waals surface area contributed by atoms with Crippen LogP contribution in [-0.4, -0.2) is 52.2 Å². The van der Waals surface area contributed by atoms with E-state index in [1.165, 1.54) is 29.7 Å². The lowest BCUT2D eigenvalue weighted by molar-refractivity contribution is -0.134. The summed E-state index contributed by atoms with van der Waals surface area (Å²) < 4.78 is 0. The third-order valence-electron chi connectivity index (χ3n) is 4.18. The second-order valence-electron chi connectivity index (χ2n) is 6.92. The Morgan fingerprint density at radius 3 is 2.08 bits per heavy atom. The molecule has 0 amide bonds. The summed E-state index contributed by atoms with van der Waals surface area (Å²) in [4.78, 5) is 21.7. The third-order valence-corrected chi connectivity index (χ3v) is 4.18. The zero-order valence-electron chi connectivity index (χ0n) is 16.0. The fourth-order valence-corrected chi connectivity index (χ4v) is 3.17. The fourth-order valence-electron chi connectivity index (χ4n) is 3.17. The molecule has 26 heavy (non-hydrogen) atoms. The van der Waals surface area contributed by atoms with E-state index in [2.05, 4.69) is 56.1 Å². The standard InChI is InChI=1S/C16H26N2.C4H4O4/c1-12(2)18(16-5-6-17-10-16)11-15-8-13(3)7-14(4)9-15;5-3(6)1-2-4(7)8/h7-9,12,16-17H,5-6,10-11H2,1-4H3;1-2H,(H,5,6)(H,7,8)/b;2-1+/t16-;/m0./s1. The number of aryl methyl sites for hydroxylation is 2. The van der Waals surface area contributed by atoms with Crippen LogP contribution >= 0.6 is 0 Å². The minimum atomic E-state index is -1.26. The summed E-state index contributed by atoms with van der Waals surface area (Å²) in [6.07, 6.45) is 2.40. The van der Waals surface area contributed by atoms with E-state index < -0.39 is 11.9 Å². The van der Waals surface area contributed by atoms with Crippen LogP contribution in [0.2, 0.25) is 0 Å². The first-order valence-electron chi connectivity index (χ1n) is 8.86. The van der Waals surface area contributed by atoms with Crippen LogP contribution in [-0.2, 0) is 16.1 Å². The number of carboxylic acid groups (broad SMARTS) is 2. The van der Waals surface area contributed by atoms with E-state index in [4.69, 9.17) is 10.2 Å². The largest absolute Gasteiger partial charge is 0.478 e. The summed E-state index contributed by atoms with van der Waals surface area (Å²) >= 11 is 0. The van der Waals surface area contributed by atoms with Gasteiger partial charge in [-0.2, -0.15) is 0 Å². The summed E-state index contributed by atoms with van der Waals surface area (Å²) in [5.74, 6) is -2.51. The van der Waals surface area contributed by atoms with Crippen molar-refractivity contribution in [1.82, 2.24) is 10.2 Å². The average Bonchev–Trinajstić information content (AvgIpc) is 3.04. The Hall–Kier alpha value is -2.18. The van der Waals surface area contributed by atoms with Crippen molar-refractivity contribution >= 4 is 11.9 Å². The number of hydrogen-bond donors (Lipinski definition) is 3. The summed E-state index contributed by atoms with van der Waals surface area (Å²) in [5.41, 5.74) is 4.20. The maximum Gasteiger partial charge on any atom is 0.328 e. The summed E-state index contributed by atoms with van der Waals surface area (Å²) in [5, 5.41) is 19.1. The highest BCUT2D eigenvalue weighted by Gasteiger charge is 2.24. The number of carboxylic acids is 2. The lowest BCUT2D eigenvalue weighted by atomic mass is 10.0. The van der Waals surface area contributed by atoms with E-state index in [1.54, 1.807) is 0 Å². The molecular weight excluding hydrogens is 332 g/mol. The maximum absolute atomic E-state index is 9.55. The minimum absolute atomic E-state index is 0.558. The van der Waals surface area contributed by atoms with E-state index in [1.807, 2.05) is 0 Å². The van der Waals surface area contributed by atoms with E-state index in [9.17, 15) is 9.59 Å². The van der Waals surface area contributed by atoms with Gasteiger partial charge in [-0.3, -0.25) is 4.90 Å². The Kier molecular flexibility index (Phi) is 9.02. The first-order chi connectivity index (χ1) is 12.2. The molecule has 1 saturated heterocycles. The molecule has 2 rings (SSSR count). The molecule has 6 heteroatoms. The molecule has 3 N–H and O–H groups in total. The molecule has 1 aliphatic heterocycles. The molecule has 0 aromatic heterocycles. The van der Waals surface area contributed by atoms with Crippen molar-refractivity contribution in [2.24, 2.45) is 0 Å². The third kappa shape index (κ3) is 8.27. The maximum atomic E-state index is 9.55. The molecule has 1 fully saturated rings. The van der Waals surface area contributed by atoms with Crippen molar-refractivity contribution in [2.45, 2.75) is 52.7 Å². The number of benzene rings is 1. The summed E-state index contributed by atoms with van der Waals surface area (Å²) in [7, 11) is 0. The molecule has 0 unspecified atom stereocenters. The molecular formula is C20H30N2O4. The Bertz CT molecular complexity index is 598. The smallest absolute Gasteiger partial charge is 0.328 e. The van der Waals surface area contributed by atoms with Crippen LogP contribution in [0.4, 0.5) is 0 Å². The second kappa shape index (κ2) is 10.7. The number of carbonyl (C=O) groups is 2. The molecule has 0 radical (unpaired) electrons. The van der Waals surface area contributed by atoms with E-state index in [0.717, 1.165) is 13.1 Å². The first-order valence-corrected chi connectivity index (χ1v) is 8.86. The molecule has 0 bridgehead atoms.